The third-order valence-corrected chi connectivity index (χ3v) is 3.47. The van der Waals surface area contributed by atoms with Gasteiger partial charge in [-0.15, -0.1) is 0 Å². The highest BCUT2D eigenvalue weighted by molar-refractivity contribution is 8.24. The summed E-state index contributed by atoms with van der Waals surface area (Å²) >= 11 is 25.1. The van der Waals surface area contributed by atoms with Gasteiger partial charge in [-0.3, -0.25) is 23.9 Å². The van der Waals surface area contributed by atoms with E-state index in [1.54, 1.807) is 13.8 Å². The van der Waals surface area contributed by atoms with E-state index in [2.05, 4.69) is 53.4 Å². The maximum atomic E-state index is 11.1. The minimum atomic E-state index is -3.22. The molecule has 2 aromatic heterocycles. The van der Waals surface area contributed by atoms with Gasteiger partial charge in [0.15, 0.2) is 0 Å². The van der Waals surface area contributed by atoms with Crippen molar-refractivity contribution in [2.45, 2.75) is 26.7 Å². The molecule has 11 nitrogen and oxygen atoms in total. The van der Waals surface area contributed by atoms with E-state index >= 15 is 0 Å². The molecular weight excluding hydrogens is 568 g/mol. The van der Waals surface area contributed by atoms with Crippen LogP contribution in [0.5, 0.6) is 0 Å². The van der Waals surface area contributed by atoms with Crippen LogP contribution in [0, 0.1) is 0 Å². The molecule has 0 spiro atoms. The second-order valence-electron chi connectivity index (χ2n) is 5.41. The number of aromatic amines is 2. The first-order chi connectivity index (χ1) is 15.3. The van der Waals surface area contributed by atoms with E-state index in [9.17, 15) is 23.7 Å². The van der Waals surface area contributed by atoms with Crippen LogP contribution in [-0.2, 0) is 36.5 Å². The van der Waals surface area contributed by atoms with Crippen molar-refractivity contribution in [1.29, 1.82) is 0 Å². The standard InChI is InChI=1S/C8H8Cl2N2O2.C8H10N2O4.Cl3OP.H2/c1-2-14-6(13)3-5-4-11-8(10)12-7(5)9;1-2-14-6(11)3-5-4-9-8(13)10-7(5)12;1-5(2,3)4;/h4H,2-3H2,1H3;4H,2-3H2,1H3,(H2,9,10,12,13);;1H/i;;;1+1. The van der Waals surface area contributed by atoms with Crippen molar-refractivity contribution >= 4 is 74.1 Å². The van der Waals surface area contributed by atoms with Crippen LogP contribution in [0.2, 0.25) is 10.4 Å². The predicted octanol–water partition coefficient (Wildman–Crippen LogP) is 4.11. The smallest absolute Gasteiger partial charge is 0.339 e. The number of hydrogen-bond donors (Lipinski definition) is 2. The number of ether oxygens (including phenoxy) is 2. The van der Waals surface area contributed by atoms with Gasteiger partial charge in [0, 0.05) is 24.9 Å². The summed E-state index contributed by atoms with van der Waals surface area (Å²) in [5.74, 6) is -0.856. The van der Waals surface area contributed by atoms with Crippen LogP contribution < -0.4 is 11.2 Å². The fourth-order valence-electron chi connectivity index (χ4n) is 1.79. The Morgan fingerprint density at radius 2 is 1.52 bits per heavy atom. The zero-order valence-corrected chi connectivity index (χ0v) is 21.7. The highest BCUT2D eigenvalue weighted by Gasteiger charge is 2.10. The summed E-state index contributed by atoms with van der Waals surface area (Å²) < 4.78 is 18.9. The van der Waals surface area contributed by atoms with Gasteiger partial charge >= 0.3 is 22.8 Å². The molecule has 0 aliphatic carbocycles. The fraction of sp³-hybridized carbons (Fsp3) is 0.375. The molecule has 2 aromatic rings. The maximum Gasteiger partial charge on any atom is 0.339 e. The Hall–Kier alpha value is -1.62. The van der Waals surface area contributed by atoms with Crippen molar-refractivity contribution in [2.24, 2.45) is 0 Å². The van der Waals surface area contributed by atoms with Gasteiger partial charge in [-0.1, -0.05) is 11.6 Å². The molecule has 33 heavy (non-hydrogen) atoms. The Balaban J connectivity index is 0. The second kappa shape index (κ2) is 16.1. The molecule has 186 valence electrons. The SMILES string of the molecule is CCOC(=O)Cc1c[nH]c(=O)[nH]c1=O.CCOC(=O)Cc1cnc(Cl)nc1Cl.O=P(Cl)(Cl)Cl.[2HH]. The van der Waals surface area contributed by atoms with E-state index in [1.165, 1.54) is 12.4 Å². The molecule has 2 rings (SSSR count). The first-order valence-corrected chi connectivity index (χ1v) is 13.9. The maximum absolute atomic E-state index is 11.1. The number of aromatic nitrogens is 4. The minimum Gasteiger partial charge on any atom is -0.466 e. The molecule has 2 heterocycles. The number of H-pyrrole nitrogens is 2. The largest absolute Gasteiger partial charge is 0.466 e. The first kappa shape index (κ1) is 31.4. The number of carbonyl (C=O) groups excluding carboxylic acids is 2. The molecule has 0 saturated carbocycles. The van der Waals surface area contributed by atoms with Crippen LogP contribution in [0.15, 0.2) is 22.0 Å². The van der Waals surface area contributed by atoms with Crippen LogP contribution in [0.3, 0.4) is 0 Å². The van der Waals surface area contributed by atoms with Crippen LogP contribution in [-0.4, -0.2) is 45.1 Å². The lowest BCUT2D eigenvalue weighted by Gasteiger charge is -2.02. The summed E-state index contributed by atoms with van der Waals surface area (Å²) in [6.07, 6.45) is 2.54. The molecule has 0 radical (unpaired) electrons. The lowest BCUT2D eigenvalue weighted by atomic mass is 10.2. The van der Waals surface area contributed by atoms with Crippen molar-refractivity contribution in [3.05, 3.63) is 54.8 Å². The molecule has 0 saturated heterocycles. The van der Waals surface area contributed by atoms with Crippen LogP contribution in [0.1, 0.15) is 26.4 Å². The topological polar surface area (TPSA) is 161 Å². The summed E-state index contributed by atoms with van der Waals surface area (Å²) in [6, 6.07) is 0. The zero-order chi connectivity index (χ0) is 25.6. The molecule has 0 aromatic carbocycles. The van der Waals surface area contributed by atoms with Gasteiger partial charge in [0.25, 0.3) is 5.56 Å². The third kappa shape index (κ3) is 16.6. The summed E-state index contributed by atoms with van der Waals surface area (Å²) in [4.78, 5) is 55.5. The quantitative estimate of drug-likeness (QED) is 0.219. The lowest BCUT2D eigenvalue weighted by Crippen LogP contribution is -2.26. The molecule has 0 aliphatic rings. The van der Waals surface area contributed by atoms with Gasteiger partial charge in [0.2, 0.25) is 5.28 Å². The molecule has 0 amide bonds. The van der Waals surface area contributed by atoms with Gasteiger partial charge in [-0.2, -0.15) is 0 Å². The normalized spacial score (nSPS) is 10.2. The average Bonchev–Trinajstić information content (AvgIpc) is 2.66. The van der Waals surface area contributed by atoms with Gasteiger partial charge in [0.05, 0.1) is 26.1 Å². The molecule has 0 unspecified atom stereocenters. The Labute approximate surface area is 213 Å². The zero-order valence-electron chi connectivity index (χ0n) is 17.1. The van der Waals surface area contributed by atoms with Crippen LogP contribution >= 0.6 is 62.1 Å². The number of hydrogen-bond acceptors (Lipinski definition) is 9. The Bertz CT molecular complexity index is 1090. The number of rotatable bonds is 6. The Morgan fingerprint density at radius 1 is 1.03 bits per heavy atom. The first-order valence-electron chi connectivity index (χ1n) is 8.74. The van der Waals surface area contributed by atoms with Crippen molar-refractivity contribution in [1.82, 2.24) is 19.9 Å². The van der Waals surface area contributed by atoms with E-state index in [-0.39, 0.29) is 42.8 Å². The second-order valence-corrected chi connectivity index (χ2v) is 12.7. The summed E-state index contributed by atoms with van der Waals surface area (Å²) in [5, 5.41) is -2.99. The molecule has 0 bridgehead atoms. The molecule has 2 N–H and O–H groups in total. The molecule has 0 atom stereocenters. The van der Waals surface area contributed by atoms with E-state index in [0.717, 1.165) is 0 Å². The molecule has 0 fully saturated rings. The van der Waals surface area contributed by atoms with Gasteiger partial charge in [-0.25, -0.2) is 14.8 Å². The number of carbonyl (C=O) groups is 2. The summed E-state index contributed by atoms with van der Waals surface area (Å²) in [7, 11) is 0. The average molecular weight is 590 g/mol. The Kier molecular flexibility index (Phi) is 15.3. The van der Waals surface area contributed by atoms with E-state index in [4.69, 9.17) is 27.9 Å². The fourth-order valence-corrected chi connectivity index (χ4v) is 2.16. The summed E-state index contributed by atoms with van der Waals surface area (Å²) in [5.41, 5.74) is -0.470. The third-order valence-electron chi connectivity index (χ3n) is 2.96. The molecular formula is C16H20Cl5N4O7P. The number of halogens is 5. The van der Waals surface area contributed by atoms with Gasteiger partial charge < -0.3 is 14.5 Å². The van der Waals surface area contributed by atoms with Crippen molar-refractivity contribution in [2.75, 3.05) is 13.2 Å². The van der Waals surface area contributed by atoms with Crippen LogP contribution in [0.25, 0.3) is 0 Å². The Morgan fingerprint density at radius 3 is 1.94 bits per heavy atom. The van der Waals surface area contributed by atoms with Crippen molar-refractivity contribution in [3.63, 3.8) is 0 Å². The van der Waals surface area contributed by atoms with Crippen molar-refractivity contribution in [3.8, 4) is 0 Å². The molecule has 0 aliphatic heterocycles. The summed E-state index contributed by atoms with van der Waals surface area (Å²) in [6.45, 7) is 4.01. The molecule has 17 heteroatoms. The lowest BCUT2D eigenvalue weighted by molar-refractivity contribution is -0.143. The van der Waals surface area contributed by atoms with Crippen LogP contribution in [0.4, 0.5) is 0 Å². The van der Waals surface area contributed by atoms with Gasteiger partial charge in [-0.05, 0) is 59.2 Å². The van der Waals surface area contributed by atoms with Crippen molar-refractivity contribution < 1.29 is 25.1 Å². The van der Waals surface area contributed by atoms with E-state index < -0.39 is 22.4 Å². The minimum absolute atomic E-state index is 0. The number of nitrogens with zero attached hydrogens (tertiary/aromatic N) is 2. The number of nitrogens with one attached hydrogen (secondary N) is 2. The predicted molar refractivity (Wildman–Crippen MR) is 128 cm³/mol. The van der Waals surface area contributed by atoms with E-state index in [0.29, 0.717) is 12.2 Å². The highest BCUT2D eigenvalue weighted by Crippen LogP contribution is 2.61. The van der Waals surface area contributed by atoms with Gasteiger partial charge in [0.1, 0.15) is 5.15 Å². The monoisotopic (exact) mass is 587 g/mol. The van der Waals surface area contributed by atoms with E-state index in [1.807, 2.05) is 4.98 Å². The highest BCUT2D eigenvalue weighted by atomic mass is 36.0. The number of esters is 2.